The highest BCUT2D eigenvalue weighted by Gasteiger charge is 2.18. The molecule has 3 N–H and O–H groups in total. The van der Waals surface area contributed by atoms with E-state index in [1.54, 1.807) is 18.2 Å². The Bertz CT molecular complexity index is 417. The summed E-state index contributed by atoms with van der Waals surface area (Å²) in [5, 5.41) is 7.95. The third-order valence-corrected chi connectivity index (χ3v) is 2.97. The molecule has 0 amide bonds. The van der Waals surface area contributed by atoms with Crippen LogP contribution in [0, 0.1) is 5.41 Å². The first kappa shape index (κ1) is 12.2. The summed E-state index contributed by atoms with van der Waals surface area (Å²) in [5.41, 5.74) is 5.97. The molecule has 0 spiro atoms. The van der Waals surface area contributed by atoms with E-state index in [4.69, 9.17) is 32.2 Å². The Morgan fingerprint density at radius 2 is 2.35 bits per heavy atom. The minimum Gasteiger partial charge on any atom is -0.487 e. The van der Waals surface area contributed by atoms with Crippen molar-refractivity contribution in [3.05, 3.63) is 28.8 Å². The summed E-state index contributed by atoms with van der Waals surface area (Å²) < 4.78 is 11.1. The van der Waals surface area contributed by atoms with Crippen LogP contribution in [-0.2, 0) is 4.74 Å². The van der Waals surface area contributed by atoms with E-state index in [0.29, 0.717) is 22.9 Å². The summed E-state index contributed by atoms with van der Waals surface area (Å²) in [5.74, 6) is 0.475. The van der Waals surface area contributed by atoms with Gasteiger partial charge in [-0.05, 0) is 25.0 Å². The summed E-state index contributed by atoms with van der Waals surface area (Å²) in [6.07, 6.45) is 1.95. The number of nitrogens with two attached hydrogens (primary N) is 1. The zero-order valence-electron chi connectivity index (χ0n) is 9.41. The van der Waals surface area contributed by atoms with Crippen molar-refractivity contribution in [3.63, 3.8) is 0 Å². The molecule has 2 rings (SSSR count). The zero-order valence-corrected chi connectivity index (χ0v) is 10.2. The standard InChI is InChI=1S/C12H15ClN2O2/c13-9-4-1-5-10(11(9)12(14)15)17-8-3-2-6-16-7-8/h1,4-5,8H,2-3,6-7H2,(H3,14,15). The fraction of sp³-hybridized carbons (Fsp3) is 0.417. The van der Waals surface area contributed by atoms with Crippen molar-refractivity contribution >= 4 is 17.4 Å². The van der Waals surface area contributed by atoms with Gasteiger partial charge in [0.2, 0.25) is 0 Å². The Morgan fingerprint density at radius 3 is 3.00 bits per heavy atom. The molecule has 1 fully saturated rings. The van der Waals surface area contributed by atoms with Gasteiger partial charge in [0.1, 0.15) is 17.7 Å². The van der Waals surface area contributed by atoms with Gasteiger partial charge in [-0.1, -0.05) is 17.7 Å². The molecule has 1 aliphatic rings. The number of hydrogen-bond acceptors (Lipinski definition) is 3. The SMILES string of the molecule is N=C(N)c1c(Cl)cccc1OC1CCCOC1. The second-order valence-electron chi connectivity index (χ2n) is 3.98. The van der Waals surface area contributed by atoms with Crippen LogP contribution in [0.4, 0.5) is 0 Å². The van der Waals surface area contributed by atoms with Crippen LogP contribution in [0.5, 0.6) is 5.75 Å². The van der Waals surface area contributed by atoms with Gasteiger partial charge in [0.25, 0.3) is 0 Å². The average Bonchev–Trinajstić information content (AvgIpc) is 2.30. The molecule has 0 radical (unpaired) electrons. The van der Waals surface area contributed by atoms with Crippen molar-refractivity contribution in [1.82, 2.24) is 0 Å². The highest BCUT2D eigenvalue weighted by Crippen LogP contribution is 2.27. The molecule has 1 aromatic carbocycles. The molecule has 0 aromatic heterocycles. The first-order valence-electron chi connectivity index (χ1n) is 5.56. The van der Waals surface area contributed by atoms with E-state index < -0.39 is 0 Å². The lowest BCUT2D eigenvalue weighted by molar-refractivity contribution is 0.00736. The molecule has 1 saturated heterocycles. The minimum atomic E-state index is -0.0812. The topological polar surface area (TPSA) is 68.3 Å². The van der Waals surface area contributed by atoms with Crippen LogP contribution < -0.4 is 10.5 Å². The molecule has 0 saturated carbocycles. The lowest BCUT2D eigenvalue weighted by Gasteiger charge is -2.24. The lowest BCUT2D eigenvalue weighted by atomic mass is 10.1. The average molecular weight is 255 g/mol. The van der Waals surface area contributed by atoms with E-state index in [2.05, 4.69) is 0 Å². The van der Waals surface area contributed by atoms with Crippen LogP contribution in [0.2, 0.25) is 5.02 Å². The second-order valence-corrected chi connectivity index (χ2v) is 4.39. The predicted molar refractivity (Wildman–Crippen MR) is 66.9 cm³/mol. The summed E-state index contributed by atoms with van der Waals surface area (Å²) in [6.45, 7) is 1.36. The Hall–Kier alpha value is -1.26. The number of benzene rings is 1. The van der Waals surface area contributed by atoms with Crippen molar-refractivity contribution in [2.45, 2.75) is 18.9 Å². The van der Waals surface area contributed by atoms with Crippen molar-refractivity contribution in [3.8, 4) is 5.75 Å². The Labute approximate surface area is 105 Å². The molecule has 0 aliphatic carbocycles. The Kier molecular flexibility index (Phi) is 3.86. The van der Waals surface area contributed by atoms with E-state index in [0.717, 1.165) is 19.4 Å². The summed E-state index contributed by atoms with van der Waals surface area (Å²) in [4.78, 5) is 0. The molecule has 4 nitrogen and oxygen atoms in total. The van der Waals surface area contributed by atoms with Crippen LogP contribution in [-0.4, -0.2) is 25.2 Å². The molecule has 1 atom stereocenters. The van der Waals surface area contributed by atoms with Gasteiger partial charge in [-0.25, -0.2) is 0 Å². The smallest absolute Gasteiger partial charge is 0.132 e. The molecule has 1 unspecified atom stereocenters. The van der Waals surface area contributed by atoms with Crippen molar-refractivity contribution in [2.24, 2.45) is 5.73 Å². The van der Waals surface area contributed by atoms with E-state index in [-0.39, 0.29) is 11.9 Å². The Balaban J connectivity index is 2.19. The third kappa shape index (κ3) is 2.90. The van der Waals surface area contributed by atoms with Gasteiger partial charge in [0.15, 0.2) is 0 Å². The largest absolute Gasteiger partial charge is 0.487 e. The van der Waals surface area contributed by atoms with Crippen LogP contribution in [0.1, 0.15) is 18.4 Å². The maximum atomic E-state index is 7.52. The van der Waals surface area contributed by atoms with Gasteiger partial charge in [0.05, 0.1) is 17.2 Å². The van der Waals surface area contributed by atoms with E-state index in [9.17, 15) is 0 Å². The maximum Gasteiger partial charge on any atom is 0.132 e. The van der Waals surface area contributed by atoms with Crippen molar-refractivity contribution in [1.29, 1.82) is 5.41 Å². The van der Waals surface area contributed by atoms with E-state index in [1.807, 2.05) is 0 Å². The third-order valence-electron chi connectivity index (χ3n) is 2.66. The van der Waals surface area contributed by atoms with E-state index in [1.165, 1.54) is 0 Å². The van der Waals surface area contributed by atoms with Gasteiger partial charge in [0, 0.05) is 6.61 Å². The second kappa shape index (κ2) is 5.38. The van der Waals surface area contributed by atoms with Gasteiger partial charge in [-0.15, -0.1) is 0 Å². The Morgan fingerprint density at radius 1 is 1.53 bits per heavy atom. The quantitative estimate of drug-likeness (QED) is 0.642. The monoisotopic (exact) mass is 254 g/mol. The van der Waals surface area contributed by atoms with Crippen molar-refractivity contribution in [2.75, 3.05) is 13.2 Å². The van der Waals surface area contributed by atoms with Gasteiger partial charge in [-0.2, -0.15) is 0 Å². The molecular formula is C12H15ClN2O2. The number of amidine groups is 1. The number of hydrogen-bond donors (Lipinski definition) is 2. The fourth-order valence-corrected chi connectivity index (χ4v) is 2.12. The zero-order chi connectivity index (χ0) is 12.3. The summed E-state index contributed by atoms with van der Waals surface area (Å²) in [6, 6.07) is 5.26. The van der Waals surface area contributed by atoms with Crippen molar-refractivity contribution < 1.29 is 9.47 Å². The van der Waals surface area contributed by atoms with Crippen LogP contribution in [0.3, 0.4) is 0 Å². The van der Waals surface area contributed by atoms with Gasteiger partial charge in [-0.3, -0.25) is 5.41 Å². The molecular weight excluding hydrogens is 240 g/mol. The number of halogens is 1. The maximum absolute atomic E-state index is 7.52. The number of nitrogens with one attached hydrogen (secondary N) is 1. The molecule has 17 heavy (non-hydrogen) atoms. The number of nitrogen functional groups attached to an aromatic ring is 1. The molecule has 1 heterocycles. The minimum absolute atomic E-state index is 0.0142. The number of rotatable bonds is 3. The highest BCUT2D eigenvalue weighted by atomic mass is 35.5. The van der Waals surface area contributed by atoms with Crippen LogP contribution in [0.25, 0.3) is 0 Å². The molecule has 1 aliphatic heterocycles. The molecule has 92 valence electrons. The normalized spacial score (nSPS) is 19.9. The van der Waals surface area contributed by atoms with Gasteiger partial charge < -0.3 is 15.2 Å². The number of ether oxygens (including phenoxy) is 2. The molecule has 1 aromatic rings. The molecule has 0 bridgehead atoms. The first-order valence-corrected chi connectivity index (χ1v) is 5.93. The lowest BCUT2D eigenvalue weighted by Crippen LogP contribution is -2.29. The van der Waals surface area contributed by atoms with Crippen LogP contribution in [0.15, 0.2) is 18.2 Å². The predicted octanol–water partition coefficient (Wildman–Crippen LogP) is 2.18. The summed E-state index contributed by atoms with van der Waals surface area (Å²) >= 11 is 6.01. The summed E-state index contributed by atoms with van der Waals surface area (Å²) in [7, 11) is 0. The van der Waals surface area contributed by atoms with Crippen LogP contribution >= 0.6 is 11.6 Å². The first-order chi connectivity index (χ1) is 8.18. The fourth-order valence-electron chi connectivity index (χ4n) is 1.85. The van der Waals surface area contributed by atoms with E-state index >= 15 is 0 Å². The van der Waals surface area contributed by atoms with Gasteiger partial charge >= 0.3 is 0 Å². The molecule has 5 heteroatoms. The highest BCUT2D eigenvalue weighted by molar-refractivity contribution is 6.34.